The fourth-order valence-electron chi connectivity index (χ4n) is 2.40. The average Bonchev–Trinajstić information content (AvgIpc) is 2.39. The summed E-state index contributed by atoms with van der Waals surface area (Å²) in [6, 6.07) is 6.17. The molecule has 0 radical (unpaired) electrons. The lowest BCUT2D eigenvalue weighted by Gasteiger charge is -2.43. The minimum absolute atomic E-state index is 0.315. The van der Waals surface area contributed by atoms with E-state index in [1.54, 1.807) is 12.1 Å². The molecule has 1 atom stereocenters. The Balaban J connectivity index is 2.17. The van der Waals surface area contributed by atoms with Crippen molar-refractivity contribution in [1.82, 2.24) is 4.90 Å². The second kappa shape index (κ2) is 5.34. The Morgan fingerprint density at radius 3 is 2.61 bits per heavy atom. The average molecular weight is 253 g/mol. The number of halogens is 1. The molecule has 0 aliphatic carbocycles. The lowest BCUT2D eigenvalue weighted by Crippen LogP contribution is -2.53. The topological polar surface area (TPSA) is 32.7 Å². The summed E-state index contributed by atoms with van der Waals surface area (Å²) in [5.74, 6) is -0.315. The Morgan fingerprint density at radius 2 is 2.00 bits per heavy atom. The molecule has 18 heavy (non-hydrogen) atoms. The lowest BCUT2D eigenvalue weighted by atomic mass is 9.89. The summed E-state index contributed by atoms with van der Waals surface area (Å²) in [5, 5.41) is 10.5. The highest BCUT2D eigenvalue weighted by atomic mass is 19.1. The Hall–Kier alpha value is -0.970. The molecule has 0 amide bonds. The van der Waals surface area contributed by atoms with Gasteiger partial charge in [0.1, 0.15) is 5.82 Å². The van der Waals surface area contributed by atoms with E-state index >= 15 is 0 Å². The molecule has 1 heterocycles. The highest BCUT2D eigenvalue weighted by Gasteiger charge is 2.36. The summed E-state index contributed by atoms with van der Waals surface area (Å²) in [4.78, 5) is 2.19. The summed E-state index contributed by atoms with van der Waals surface area (Å²) >= 11 is 0. The Labute approximate surface area is 107 Å². The molecule has 2 rings (SSSR count). The van der Waals surface area contributed by atoms with Crippen LogP contribution < -0.4 is 0 Å². The maximum atomic E-state index is 13.2. The predicted molar refractivity (Wildman–Crippen MR) is 67.8 cm³/mol. The normalized spacial score (nSPS) is 19.8. The molecule has 1 aliphatic rings. The standard InChI is InChI=1S/C14H20FNO2/c1-14(2,16-6-8-18-9-7-16)13(17)11-4-3-5-12(15)10-11/h3-5,10,13,17H,6-9H2,1-2H3. The molecule has 1 aliphatic heterocycles. The Bertz CT molecular complexity index is 403. The van der Waals surface area contributed by atoms with Crippen LogP contribution in [-0.4, -0.2) is 41.8 Å². The quantitative estimate of drug-likeness (QED) is 0.894. The molecule has 1 N–H and O–H groups in total. The largest absolute Gasteiger partial charge is 0.386 e. The van der Waals surface area contributed by atoms with Crippen molar-refractivity contribution in [1.29, 1.82) is 0 Å². The van der Waals surface area contributed by atoms with E-state index in [-0.39, 0.29) is 5.82 Å². The van der Waals surface area contributed by atoms with Gasteiger partial charge in [-0.2, -0.15) is 0 Å². The molecule has 0 bridgehead atoms. The zero-order valence-corrected chi connectivity index (χ0v) is 10.9. The van der Waals surface area contributed by atoms with Crippen LogP contribution in [0.25, 0.3) is 0 Å². The van der Waals surface area contributed by atoms with Gasteiger partial charge in [-0.05, 0) is 31.5 Å². The predicted octanol–water partition coefficient (Wildman–Crippen LogP) is 1.97. The van der Waals surface area contributed by atoms with Crippen molar-refractivity contribution in [3.8, 4) is 0 Å². The van der Waals surface area contributed by atoms with Crippen molar-refractivity contribution in [3.05, 3.63) is 35.6 Å². The molecule has 1 aromatic carbocycles. The Morgan fingerprint density at radius 1 is 1.33 bits per heavy atom. The molecule has 1 aromatic rings. The first-order valence-electron chi connectivity index (χ1n) is 6.28. The smallest absolute Gasteiger partial charge is 0.123 e. The third-order valence-corrected chi connectivity index (χ3v) is 3.66. The zero-order chi connectivity index (χ0) is 13.2. The van der Waals surface area contributed by atoms with Crippen LogP contribution in [0.4, 0.5) is 4.39 Å². The van der Waals surface area contributed by atoms with E-state index in [9.17, 15) is 9.50 Å². The molecule has 4 heteroatoms. The number of hydrogen-bond acceptors (Lipinski definition) is 3. The first-order valence-corrected chi connectivity index (χ1v) is 6.28. The molecule has 3 nitrogen and oxygen atoms in total. The summed E-state index contributed by atoms with van der Waals surface area (Å²) in [6.07, 6.45) is -0.716. The van der Waals surface area contributed by atoms with Crippen LogP contribution in [0.1, 0.15) is 25.5 Å². The molecule has 0 aromatic heterocycles. The zero-order valence-electron chi connectivity index (χ0n) is 10.9. The van der Waals surface area contributed by atoms with Gasteiger partial charge in [0.05, 0.1) is 19.3 Å². The van der Waals surface area contributed by atoms with Crippen LogP contribution in [0, 0.1) is 5.82 Å². The van der Waals surface area contributed by atoms with Crippen molar-refractivity contribution < 1.29 is 14.2 Å². The van der Waals surface area contributed by atoms with E-state index in [1.807, 2.05) is 13.8 Å². The fraction of sp³-hybridized carbons (Fsp3) is 0.571. The Kier molecular flexibility index (Phi) is 4.00. The van der Waals surface area contributed by atoms with E-state index in [4.69, 9.17) is 4.74 Å². The number of nitrogens with zero attached hydrogens (tertiary/aromatic N) is 1. The maximum Gasteiger partial charge on any atom is 0.123 e. The third kappa shape index (κ3) is 2.71. The molecule has 0 saturated carbocycles. The van der Waals surface area contributed by atoms with Gasteiger partial charge in [0.2, 0.25) is 0 Å². The van der Waals surface area contributed by atoms with E-state index in [2.05, 4.69) is 4.90 Å². The van der Waals surface area contributed by atoms with Gasteiger partial charge >= 0.3 is 0 Å². The van der Waals surface area contributed by atoms with Crippen molar-refractivity contribution >= 4 is 0 Å². The van der Waals surface area contributed by atoms with Gasteiger partial charge in [-0.3, -0.25) is 4.90 Å². The van der Waals surface area contributed by atoms with Gasteiger partial charge in [0.25, 0.3) is 0 Å². The number of ether oxygens (including phenoxy) is 1. The summed E-state index contributed by atoms with van der Waals surface area (Å²) in [5.41, 5.74) is 0.184. The van der Waals surface area contributed by atoms with Crippen LogP contribution >= 0.6 is 0 Å². The number of hydrogen-bond donors (Lipinski definition) is 1. The van der Waals surface area contributed by atoms with Crippen LogP contribution in [0.3, 0.4) is 0 Å². The molecule has 1 saturated heterocycles. The van der Waals surface area contributed by atoms with Crippen LogP contribution in [-0.2, 0) is 4.74 Å². The highest BCUT2D eigenvalue weighted by Crippen LogP contribution is 2.31. The summed E-state index contributed by atoms with van der Waals surface area (Å²) in [6.45, 7) is 6.90. The number of benzene rings is 1. The van der Waals surface area contributed by atoms with E-state index in [1.165, 1.54) is 12.1 Å². The minimum atomic E-state index is -0.716. The van der Waals surface area contributed by atoms with Crippen molar-refractivity contribution in [2.24, 2.45) is 0 Å². The number of morpholine rings is 1. The van der Waals surface area contributed by atoms with Crippen LogP contribution in [0.15, 0.2) is 24.3 Å². The van der Waals surface area contributed by atoms with Crippen molar-refractivity contribution in [3.63, 3.8) is 0 Å². The lowest BCUT2D eigenvalue weighted by molar-refractivity contribution is -0.0631. The molecule has 100 valence electrons. The summed E-state index contributed by atoms with van der Waals surface area (Å²) in [7, 11) is 0. The number of aliphatic hydroxyl groups excluding tert-OH is 1. The van der Waals surface area contributed by atoms with Gasteiger partial charge in [0, 0.05) is 18.6 Å². The fourth-order valence-corrected chi connectivity index (χ4v) is 2.40. The summed E-state index contributed by atoms with van der Waals surface area (Å²) < 4.78 is 18.5. The van der Waals surface area contributed by atoms with Gasteiger partial charge in [0.15, 0.2) is 0 Å². The molecular weight excluding hydrogens is 233 g/mol. The van der Waals surface area contributed by atoms with Crippen molar-refractivity contribution in [2.75, 3.05) is 26.3 Å². The minimum Gasteiger partial charge on any atom is -0.386 e. The second-order valence-corrected chi connectivity index (χ2v) is 5.21. The molecule has 1 unspecified atom stereocenters. The number of aliphatic hydroxyl groups is 1. The molecule has 0 spiro atoms. The first kappa shape index (κ1) is 13.5. The second-order valence-electron chi connectivity index (χ2n) is 5.21. The van der Waals surface area contributed by atoms with Gasteiger partial charge < -0.3 is 9.84 Å². The monoisotopic (exact) mass is 253 g/mol. The van der Waals surface area contributed by atoms with E-state index < -0.39 is 11.6 Å². The maximum absolute atomic E-state index is 13.2. The molecule has 1 fully saturated rings. The molecular formula is C14H20FNO2. The van der Waals surface area contributed by atoms with Gasteiger partial charge in [-0.1, -0.05) is 12.1 Å². The number of rotatable bonds is 3. The van der Waals surface area contributed by atoms with Gasteiger partial charge in [-0.25, -0.2) is 4.39 Å². The first-order chi connectivity index (χ1) is 8.51. The van der Waals surface area contributed by atoms with E-state index in [0.29, 0.717) is 18.8 Å². The van der Waals surface area contributed by atoms with Crippen LogP contribution in [0.5, 0.6) is 0 Å². The van der Waals surface area contributed by atoms with Crippen molar-refractivity contribution in [2.45, 2.75) is 25.5 Å². The van der Waals surface area contributed by atoms with Crippen LogP contribution in [0.2, 0.25) is 0 Å². The third-order valence-electron chi connectivity index (χ3n) is 3.66. The highest BCUT2D eigenvalue weighted by molar-refractivity contribution is 5.21. The SMILES string of the molecule is CC(C)(C(O)c1cccc(F)c1)N1CCOCC1. The van der Waals surface area contributed by atoms with Gasteiger partial charge in [-0.15, -0.1) is 0 Å². The van der Waals surface area contributed by atoms with E-state index in [0.717, 1.165) is 13.1 Å².